The molecule has 0 radical (unpaired) electrons. The summed E-state index contributed by atoms with van der Waals surface area (Å²) < 4.78 is 0. The van der Waals surface area contributed by atoms with Gasteiger partial charge in [0.15, 0.2) is 5.78 Å². The molecule has 1 saturated carbocycles. The predicted octanol–water partition coefficient (Wildman–Crippen LogP) is 3.77. The molecule has 0 spiro atoms. The second-order valence-corrected chi connectivity index (χ2v) is 8.09. The Hall–Kier alpha value is -0.860. The van der Waals surface area contributed by atoms with Crippen molar-refractivity contribution in [1.82, 2.24) is 4.90 Å². The van der Waals surface area contributed by atoms with Crippen molar-refractivity contribution in [2.45, 2.75) is 68.4 Å². The van der Waals surface area contributed by atoms with Gasteiger partial charge in [0.05, 0.1) is 6.04 Å². The van der Waals surface area contributed by atoms with E-state index in [1.807, 2.05) is 25.7 Å². The van der Waals surface area contributed by atoms with Gasteiger partial charge in [0, 0.05) is 12.5 Å². The van der Waals surface area contributed by atoms with E-state index in [0.717, 1.165) is 6.54 Å². The van der Waals surface area contributed by atoms with E-state index in [1.165, 1.54) is 0 Å². The molecule has 4 unspecified atom stereocenters. The number of ketones is 1. The molecule has 3 nitrogen and oxygen atoms in total. The highest BCUT2D eigenvalue weighted by Gasteiger charge is 2.68. The number of fused-ring (bicyclic) bond motifs is 1. The number of likely N-dealkylation sites (tertiary alicyclic amines) is 1. The van der Waals surface area contributed by atoms with Gasteiger partial charge in [0.1, 0.15) is 0 Å². The van der Waals surface area contributed by atoms with Crippen molar-refractivity contribution in [3.05, 3.63) is 0 Å². The Morgan fingerprint density at radius 3 is 2.05 bits per heavy atom. The summed E-state index contributed by atoms with van der Waals surface area (Å²) in [7, 11) is 0. The molecule has 0 aromatic carbocycles. The van der Waals surface area contributed by atoms with E-state index in [-0.39, 0.29) is 34.5 Å². The molecule has 0 aromatic heterocycles. The third-order valence-corrected chi connectivity index (χ3v) is 5.58. The lowest BCUT2D eigenvalue weighted by Gasteiger charge is -2.35. The zero-order chi connectivity index (χ0) is 16.7. The van der Waals surface area contributed by atoms with Crippen LogP contribution in [-0.4, -0.2) is 29.2 Å². The molecule has 2 aliphatic rings. The second kappa shape index (κ2) is 5.73. The molecule has 1 aliphatic heterocycles. The Morgan fingerprint density at radius 1 is 1.19 bits per heavy atom. The van der Waals surface area contributed by atoms with E-state index in [0.29, 0.717) is 11.8 Å². The van der Waals surface area contributed by atoms with Crippen molar-refractivity contribution in [2.24, 2.45) is 28.6 Å². The second-order valence-electron chi connectivity index (χ2n) is 8.09. The van der Waals surface area contributed by atoms with Crippen LogP contribution in [0.3, 0.4) is 0 Å². The fraction of sp³-hybridized carbons (Fsp3) is 0.889. The quantitative estimate of drug-likeness (QED) is 0.777. The fourth-order valence-corrected chi connectivity index (χ4v) is 3.60. The molecule has 1 aliphatic carbocycles. The first-order valence-electron chi connectivity index (χ1n) is 8.30. The summed E-state index contributed by atoms with van der Waals surface area (Å²) in [4.78, 5) is 26.5. The smallest absolute Gasteiger partial charge is 0.226 e. The summed E-state index contributed by atoms with van der Waals surface area (Å²) >= 11 is 0. The summed E-state index contributed by atoms with van der Waals surface area (Å²) in [6.45, 7) is 19.1. The predicted molar refractivity (Wildman–Crippen MR) is 86.9 cm³/mol. The van der Waals surface area contributed by atoms with Crippen LogP contribution in [0.25, 0.3) is 0 Å². The molecule has 0 aromatic rings. The van der Waals surface area contributed by atoms with Gasteiger partial charge in [-0.25, -0.2) is 0 Å². The molecule has 2 fully saturated rings. The van der Waals surface area contributed by atoms with Gasteiger partial charge in [-0.05, 0) is 29.6 Å². The molecule has 2 rings (SSSR count). The monoisotopic (exact) mass is 295 g/mol. The van der Waals surface area contributed by atoms with Gasteiger partial charge >= 0.3 is 0 Å². The highest BCUT2D eigenvalue weighted by atomic mass is 16.2. The first-order valence-corrected chi connectivity index (χ1v) is 8.30. The molecule has 122 valence electrons. The molecular weight excluding hydrogens is 262 g/mol. The number of nitrogens with zero attached hydrogens (tertiary/aromatic N) is 1. The third kappa shape index (κ3) is 3.02. The van der Waals surface area contributed by atoms with Crippen molar-refractivity contribution >= 4 is 11.7 Å². The van der Waals surface area contributed by atoms with Crippen LogP contribution in [0.2, 0.25) is 0 Å². The molecular formula is C18H33NO2. The number of piperidine rings is 1. The summed E-state index contributed by atoms with van der Waals surface area (Å²) in [5.41, 5.74) is 0.179. The Balaban J connectivity index is 0.00000106. The lowest BCUT2D eigenvalue weighted by molar-refractivity contribution is -0.144. The highest BCUT2D eigenvalue weighted by Crippen LogP contribution is 2.65. The van der Waals surface area contributed by atoms with Crippen LogP contribution in [0.5, 0.6) is 0 Å². The van der Waals surface area contributed by atoms with E-state index in [2.05, 4.69) is 34.6 Å². The highest BCUT2D eigenvalue weighted by molar-refractivity contribution is 5.90. The Morgan fingerprint density at radius 2 is 1.67 bits per heavy atom. The zero-order valence-corrected chi connectivity index (χ0v) is 15.3. The molecule has 1 heterocycles. The van der Waals surface area contributed by atoms with Crippen molar-refractivity contribution in [3.8, 4) is 0 Å². The van der Waals surface area contributed by atoms with Crippen LogP contribution in [0.1, 0.15) is 62.3 Å². The van der Waals surface area contributed by atoms with Gasteiger partial charge < -0.3 is 4.90 Å². The Kier molecular flexibility index (Phi) is 4.97. The fourth-order valence-electron chi connectivity index (χ4n) is 3.60. The Labute approximate surface area is 130 Å². The average molecular weight is 295 g/mol. The lowest BCUT2D eigenvalue weighted by Crippen LogP contribution is -2.48. The molecule has 0 N–H and O–H groups in total. The van der Waals surface area contributed by atoms with Gasteiger partial charge in [-0.3, -0.25) is 9.59 Å². The maximum absolute atomic E-state index is 12.7. The number of carbonyl (C=O) groups is 2. The summed E-state index contributed by atoms with van der Waals surface area (Å²) in [6.07, 6.45) is 0. The van der Waals surface area contributed by atoms with E-state index in [9.17, 15) is 9.59 Å². The van der Waals surface area contributed by atoms with Crippen LogP contribution < -0.4 is 0 Å². The lowest BCUT2D eigenvalue weighted by atomic mass is 9.80. The first kappa shape index (κ1) is 18.2. The van der Waals surface area contributed by atoms with Crippen LogP contribution in [0.4, 0.5) is 0 Å². The molecule has 21 heavy (non-hydrogen) atoms. The molecule has 1 saturated heterocycles. The van der Waals surface area contributed by atoms with E-state index >= 15 is 0 Å². The number of hydrogen-bond acceptors (Lipinski definition) is 2. The van der Waals surface area contributed by atoms with Crippen LogP contribution in [-0.2, 0) is 9.59 Å². The normalized spacial score (nSPS) is 30.9. The van der Waals surface area contributed by atoms with E-state index in [1.54, 1.807) is 6.92 Å². The van der Waals surface area contributed by atoms with Gasteiger partial charge in [-0.15, -0.1) is 0 Å². The van der Waals surface area contributed by atoms with Gasteiger partial charge in [-0.1, -0.05) is 55.4 Å². The SMILES string of the molecule is CC.CC(=O)C1C2C(CN1C(=O)C(C)C(C)(C)C)C2(C)C. The van der Waals surface area contributed by atoms with Gasteiger partial charge in [0.2, 0.25) is 5.91 Å². The van der Waals surface area contributed by atoms with Gasteiger partial charge in [-0.2, -0.15) is 0 Å². The number of rotatable bonds is 2. The van der Waals surface area contributed by atoms with Crippen LogP contribution in [0.15, 0.2) is 0 Å². The summed E-state index contributed by atoms with van der Waals surface area (Å²) in [6, 6.07) is -0.183. The first-order chi connectivity index (χ1) is 9.49. The number of carbonyl (C=O) groups excluding carboxylic acids is 2. The third-order valence-electron chi connectivity index (χ3n) is 5.58. The van der Waals surface area contributed by atoms with E-state index in [4.69, 9.17) is 0 Å². The average Bonchev–Trinajstić information content (AvgIpc) is 2.79. The minimum Gasteiger partial charge on any atom is -0.332 e. The van der Waals surface area contributed by atoms with Crippen molar-refractivity contribution in [3.63, 3.8) is 0 Å². The van der Waals surface area contributed by atoms with E-state index < -0.39 is 0 Å². The summed E-state index contributed by atoms with van der Waals surface area (Å²) in [5, 5.41) is 0. The van der Waals surface area contributed by atoms with Crippen molar-refractivity contribution in [2.75, 3.05) is 6.54 Å². The van der Waals surface area contributed by atoms with Gasteiger partial charge in [0.25, 0.3) is 0 Å². The Bertz CT molecular complexity index is 419. The van der Waals surface area contributed by atoms with Crippen LogP contribution >= 0.6 is 0 Å². The maximum atomic E-state index is 12.7. The number of hydrogen-bond donors (Lipinski definition) is 0. The topological polar surface area (TPSA) is 37.4 Å². The minimum atomic E-state index is -0.183. The largest absolute Gasteiger partial charge is 0.332 e. The number of amides is 1. The maximum Gasteiger partial charge on any atom is 0.226 e. The number of Topliss-reactive ketones (excluding diaryl/α,β-unsaturated/α-hetero) is 1. The minimum absolute atomic E-state index is 0.0463. The molecule has 1 amide bonds. The van der Waals surface area contributed by atoms with Crippen molar-refractivity contribution in [1.29, 1.82) is 0 Å². The summed E-state index contributed by atoms with van der Waals surface area (Å²) in [5.74, 6) is 1.14. The van der Waals surface area contributed by atoms with Crippen molar-refractivity contribution < 1.29 is 9.59 Å². The zero-order valence-electron chi connectivity index (χ0n) is 15.3. The molecule has 3 heteroatoms. The molecule has 0 bridgehead atoms. The standard InChI is InChI=1S/C16H27NO2.C2H6/c1-9(15(3,4)5)14(19)17-8-11-12(16(11,6)7)13(17)10(2)18;1-2/h9,11-13H,8H2,1-7H3;1-2H3. The van der Waals surface area contributed by atoms with Crippen LogP contribution in [0, 0.1) is 28.6 Å². The molecule has 4 atom stereocenters.